The van der Waals surface area contributed by atoms with Crippen molar-refractivity contribution in [3.63, 3.8) is 0 Å². The van der Waals surface area contributed by atoms with Crippen molar-refractivity contribution in [3.8, 4) is 5.75 Å². The molecule has 0 aromatic heterocycles. The Bertz CT molecular complexity index is 467. The standard InChI is InChI=1S/C15H24ClN3O/c1-15(2,3)19-14(17-4)18-9-8-11-6-7-12(20-5)10-13(11)16/h6-7,10H,8-9H2,1-5H3,(H2,17,18,19). The number of rotatable bonds is 4. The number of guanidine groups is 1. The largest absolute Gasteiger partial charge is 0.497 e. The van der Waals surface area contributed by atoms with E-state index in [0.717, 1.165) is 35.3 Å². The fourth-order valence-corrected chi connectivity index (χ4v) is 1.97. The van der Waals surface area contributed by atoms with Crippen LogP contribution in [0.2, 0.25) is 5.02 Å². The molecular formula is C15H24ClN3O. The topological polar surface area (TPSA) is 45.7 Å². The predicted octanol–water partition coefficient (Wildman–Crippen LogP) is 2.85. The lowest BCUT2D eigenvalue weighted by atomic mass is 10.1. The summed E-state index contributed by atoms with van der Waals surface area (Å²) in [6.45, 7) is 7.06. The van der Waals surface area contributed by atoms with Crippen molar-refractivity contribution in [2.75, 3.05) is 20.7 Å². The first-order valence-corrected chi connectivity index (χ1v) is 7.05. The van der Waals surface area contributed by atoms with Crippen LogP contribution in [0.1, 0.15) is 26.3 Å². The molecule has 0 unspecified atom stereocenters. The highest BCUT2D eigenvalue weighted by Crippen LogP contribution is 2.22. The number of ether oxygens (including phenoxy) is 1. The van der Waals surface area contributed by atoms with E-state index in [4.69, 9.17) is 16.3 Å². The van der Waals surface area contributed by atoms with Crippen LogP contribution in [-0.4, -0.2) is 32.2 Å². The minimum atomic E-state index is -0.0143. The molecule has 0 bridgehead atoms. The number of hydrogen-bond acceptors (Lipinski definition) is 2. The van der Waals surface area contributed by atoms with Gasteiger partial charge in [-0.2, -0.15) is 0 Å². The molecule has 0 fully saturated rings. The Morgan fingerprint density at radius 3 is 2.55 bits per heavy atom. The Hall–Kier alpha value is -1.42. The van der Waals surface area contributed by atoms with Crippen molar-refractivity contribution in [2.24, 2.45) is 4.99 Å². The number of nitrogens with one attached hydrogen (secondary N) is 2. The molecule has 1 rings (SSSR count). The van der Waals surface area contributed by atoms with Gasteiger partial charge in [0.25, 0.3) is 0 Å². The third-order valence-electron chi connectivity index (χ3n) is 2.66. The highest BCUT2D eigenvalue weighted by molar-refractivity contribution is 6.31. The van der Waals surface area contributed by atoms with Gasteiger partial charge in [0.05, 0.1) is 7.11 Å². The normalized spacial score (nSPS) is 12.2. The molecule has 5 heteroatoms. The van der Waals surface area contributed by atoms with E-state index < -0.39 is 0 Å². The zero-order valence-corrected chi connectivity index (χ0v) is 13.6. The van der Waals surface area contributed by atoms with Gasteiger partial charge < -0.3 is 15.4 Å². The average Bonchev–Trinajstić information content (AvgIpc) is 2.37. The van der Waals surface area contributed by atoms with Gasteiger partial charge in [-0.1, -0.05) is 17.7 Å². The van der Waals surface area contributed by atoms with Gasteiger partial charge >= 0.3 is 0 Å². The van der Waals surface area contributed by atoms with E-state index in [9.17, 15) is 0 Å². The lowest BCUT2D eigenvalue weighted by molar-refractivity contribution is 0.414. The van der Waals surface area contributed by atoms with E-state index in [1.807, 2.05) is 18.2 Å². The highest BCUT2D eigenvalue weighted by atomic mass is 35.5. The molecule has 4 nitrogen and oxygen atoms in total. The van der Waals surface area contributed by atoms with E-state index in [1.165, 1.54) is 0 Å². The maximum atomic E-state index is 6.21. The molecule has 0 aliphatic rings. The minimum Gasteiger partial charge on any atom is -0.497 e. The lowest BCUT2D eigenvalue weighted by Gasteiger charge is -2.23. The Morgan fingerprint density at radius 1 is 1.35 bits per heavy atom. The van der Waals surface area contributed by atoms with Crippen molar-refractivity contribution < 1.29 is 4.74 Å². The minimum absolute atomic E-state index is 0.0143. The SMILES string of the molecule is CN=C(NCCc1ccc(OC)cc1Cl)NC(C)(C)C. The van der Waals surface area contributed by atoms with Crippen LogP contribution >= 0.6 is 11.6 Å². The third-order valence-corrected chi connectivity index (χ3v) is 3.02. The van der Waals surface area contributed by atoms with Crippen LogP contribution in [0.3, 0.4) is 0 Å². The molecule has 0 amide bonds. The second-order valence-corrected chi connectivity index (χ2v) is 5.99. The van der Waals surface area contributed by atoms with Crippen LogP contribution in [0.25, 0.3) is 0 Å². The summed E-state index contributed by atoms with van der Waals surface area (Å²) in [5, 5.41) is 7.32. The van der Waals surface area contributed by atoms with Crippen molar-refractivity contribution in [1.82, 2.24) is 10.6 Å². The first-order valence-electron chi connectivity index (χ1n) is 6.67. The van der Waals surface area contributed by atoms with Crippen LogP contribution < -0.4 is 15.4 Å². The van der Waals surface area contributed by atoms with Crippen LogP contribution in [0, 0.1) is 0 Å². The molecule has 112 valence electrons. The van der Waals surface area contributed by atoms with Gasteiger partial charge in [-0.15, -0.1) is 0 Å². The summed E-state index contributed by atoms with van der Waals surface area (Å²) < 4.78 is 5.14. The van der Waals surface area contributed by atoms with E-state index >= 15 is 0 Å². The van der Waals surface area contributed by atoms with Gasteiger partial charge in [-0.05, 0) is 44.9 Å². The number of aliphatic imine (C=N–C) groups is 1. The maximum absolute atomic E-state index is 6.21. The average molecular weight is 298 g/mol. The quantitative estimate of drug-likeness (QED) is 0.663. The molecule has 0 spiro atoms. The van der Waals surface area contributed by atoms with E-state index in [0.29, 0.717) is 0 Å². The molecule has 20 heavy (non-hydrogen) atoms. The molecular weight excluding hydrogens is 274 g/mol. The van der Waals surface area contributed by atoms with Crippen LogP contribution in [0.4, 0.5) is 0 Å². The van der Waals surface area contributed by atoms with Crippen molar-refractivity contribution in [2.45, 2.75) is 32.7 Å². The van der Waals surface area contributed by atoms with Gasteiger partial charge in [0, 0.05) is 24.2 Å². The second-order valence-electron chi connectivity index (χ2n) is 5.58. The maximum Gasteiger partial charge on any atom is 0.191 e. The molecule has 0 saturated heterocycles. The summed E-state index contributed by atoms with van der Waals surface area (Å²) in [7, 11) is 3.40. The molecule has 1 aromatic carbocycles. The Morgan fingerprint density at radius 2 is 2.05 bits per heavy atom. The van der Waals surface area contributed by atoms with Gasteiger partial charge in [0.2, 0.25) is 0 Å². The zero-order chi connectivity index (χ0) is 15.2. The Labute approximate surface area is 126 Å². The number of methoxy groups -OCH3 is 1. The molecule has 1 aromatic rings. The summed E-state index contributed by atoms with van der Waals surface area (Å²) in [6, 6.07) is 5.74. The number of benzene rings is 1. The smallest absolute Gasteiger partial charge is 0.191 e. The van der Waals surface area contributed by atoms with Gasteiger partial charge in [-0.3, -0.25) is 4.99 Å². The van der Waals surface area contributed by atoms with Gasteiger partial charge in [0.1, 0.15) is 5.75 Å². The number of nitrogens with zero attached hydrogens (tertiary/aromatic N) is 1. The molecule has 2 N–H and O–H groups in total. The molecule has 0 atom stereocenters. The zero-order valence-electron chi connectivity index (χ0n) is 12.9. The summed E-state index contributed by atoms with van der Waals surface area (Å²) in [5.74, 6) is 1.57. The molecule has 0 heterocycles. The Kier molecular flexibility index (Phi) is 6.14. The summed E-state index contributed by atoms with van der Waals surface area (Å²) in [6.07, 6.45) is 0.827. The third kappa shape index (κ3) is 5.70. The highest BCUT2D eigenvalue weighted by Gasteiger charge is 2.11. The van der Waals surface area contributed by atoms with E-state index in [-0.39, 0.29) is 5.54 Å². The van der Waals surface area contributed by atoms with E-state index in [2.05, 4.69) is 36.4 Å². The van der Waals surface area contributed by atoms with Crippen molar-refractivity contribution in [1.29, 1.82) is 0 Å². The van der Waals surface area contributed by atoms with Crippen LogP contribution in [0.5, 0.6) is 5.75 Å². The van der Waals surface area contributed by atoms with Crippen LogP contribution in [0.15, 0.2) is 23.2 Å². The lowest BCUT2D eigenvalue weighted by Crippen LogP contribution is -2.48. The molecule has 0 radical (unpaired) electrons. The first kappa shape index (κ1) is 16.6. The second kappa shape index (κ2) is 7.39. The fourth-order valence-electron chi connectivity index (χ4n) is 1.71. The number of halogens is 1. The first-order chi connectivity index (χ1) is 9.35. The molecule has 0 saturated carbocycles. The van der Waals surface area contributed by atoms with Gasteiger partial charge in [0.15, 0.2) is 5.96 Å². The van der Waals surface area contributed by atoms with Crippen molar-refractivity contribution >= 4 is 17.6 Å². The summed E-state index contributed by atoms with van der Waals surface area (Å²) in [4.78, 5) is 4.20. The monoisotopic (exact) mass is 297 g/mol. The molecule has 0 aliphatic carbocycles. The predicted molar refractivity (Wildman–Crippen MR) is 86.0 cm³/mol. The molecule has 0 aliphatic heterocycles. The van der Waals surface area contributed by atoms with Gasteiger partial charge in [-0.25, -0.2) is 0 Å². The van der Waals surface area contributed by atoms with E-state index in [1.54, 1.807) is 14.2 Å². The number of hydrogen-bond donors (Lipinski definition) is 2. The Balaban J connectivity index is 2.51. The van der Waals surface area contributed by atoms with Crippen molar-refractivity contribution in [3.05, 3.63) is 28.8 Å². The van der Waals surface area contributed by atoms with Crippen LogP contribution in [-0.2, 0) is 6.42 Å². The summed E-state index contributed by atoms with van der Waals surface area (Å²) >= 11 is 6.21. The summed E-state index contributed by atoms with van der Waals surface area (Å²) in [5.41, 5.74) is 1.07. The fraction of sp³-hybridized carbons (Fsp3) is 0.533.